The van der Waals surface area contributed by atoms with Crippen LogP contribution < -0.4 is 4.72 Å². The van der Waals surface area contributed by atoms with Crippen molar-refractivity contribution >= 4 is 38.7 Å². The number of aryl methyl sites for hydroxylation is 1. The third-order valence-corrected chi connectivity index (χ3v) is 5.92. The molecule has 0 aromatic carbocycles. The van der Waals surface area contributed by atoms with E-state index in [0.29, 0.717) is 5.01 Å². The average Bonchev–Trinajstić information content (AvgIpc) is 2.95. The van der Waals surface area contributed by atoms with Crippen LogP contribution >= 0.6 is 22.7 Å². The molecule has 0 atom stereocenters. The molecule has 2 aromatic rings. The number of rotatable bonds is 5. The van der Waals surface area contributed by atoms with Gasteiger partial charge in [-0.05, 0) is 13.0 Å². The van der Waals surface area contributed by atoms with Crippen molar-refractivity contribution in [2.45, 2.75) is 17.7 Å². The van der Waals surface area contributed by atoms with Gasteiger partial charge in [0.05, 0.1) is 12.1 Å². The third kappa shape index (κ3) is 3.38. The number of aromatic nitrogens is 1. The summed E-state index contributed by atoms with van der Waals surface area (Å²) in [5, 5.41) is 10.7. The van der Waals surface area contributed by atoms with Crippen LogP contribution in [0.4, 0.5) is 0 Å². The highest BCUT2D eigenvalue weighted by molar-refractivity contribution is 7.91. The van der Waals surface area contributed by atoms with E-state index in [2.05, 4.69) is 9.71 Å². The number of hydrogen-bond donors (Lipinski definition) is 2. The largest absolute Gasteiger partial charge is 0.478 e. The highest BCUT2D eigenvalue weighted by Gasteiger charge is 2.19. The van der Waals surface area contributed by atoms with E-state index < -0.39 is 16.0 Å². The Hall–Kier alpha value is -1.29. The first-order valence-corrected chi connectivity index (χ1v) is 8.29. The Morgan fingerprint density at radius 3 is 2.79 bits per heavy atom. The number of sulfonamides is 1. The van der Waals surface area contributed by atoms with Crippen LogP contribution in [0.2, 0.25) is 0 Å². The lowest BCUT2D eigenvalue weighted by atomic mass is 10.4. The van der Waals surface area contributed by atoms with Crippen molar-refractivity contribution in [3.05, 3.63) is 33.1 Å². The zero-order valence-corrected chi connectivity index (χ0v) is 12.2. The Labute approximate surface area is 117 Å². The summed E-state index contributed by atoms with van der Waals surface area (Å²) in [5.74, 6) is -1.15. The van der Waals surface area contributed by atoms with Crippen LogP contribution in [0.15, 0.2) is 21.9 Å². The monoisotopic (exact) mass is 318 g/mol. The van der Waals surface area contributed by atoms with Gasteiger partial charge >= 0.3 is 5.97 Å². The van der Waals surface area contributed by atoms with Crippen LogP contribution in [0.25, 0.3) is 0 Å². The molecule has 0 spiro atoms. The van der Waals surface area contributed by atoms with E-state index in [4.69, 9.17) is 5.11 Å². The minimum absolute atomic E-state index is 0.0156. The fourth-order valence-electron chi connectivity index (χ4n) is 1.28. The zero-order valence-electron chi connectivity index (χ0n) is 9.78. The number of hydrogen-bond acceptors (Lipinski definition) is 6. The van der Waals surface area contributed by atoms with Crippen LogP contribution in [-0.2, 0) is 16.6 Å². The van der Waals surface area contributed by atoms with Crippen LogP contribution in [-0.4, -0.2) is 24.5 Å². The van der Waals surface area contributed by atoms with E-state index in [-0.39, 0.29) is 16.3 Å². The smallest absolute Gasteiger partial charge is 0.336 e. The number of thiophene rings is 1. The van der Waals surface area contributed by atoms with Gasteiger partial charge in [0, 0.05) is 16.5 Å². The van der Waals surface area contributed by atoms with Gasteiger partial charge in [0.1, 0.15) is 9.22 Å². The molecule has 19 heavy (non-hydrogen) atoms. The SMILES string of the molecule is Cc1cnc(CNS(=O)(=O)c2cc(C(=O)O)cs2)s1. The molecule has 0 unspecified atom stereocenters. The maximum absolute atomic E-state index is 11.9. The lowest BCUT2D eigenvalue weighted by molar-refractivity contribution is 0.0697. The van der Waals surface area contributed by atoms with Gasteiger partial charge < -0.3 is 5.11 Å². The molecule has 0 aliphatic rings. The second-order valence-corrected chi connectivity index (χ2v) is 7.87. The average molecular weight is 318 g/mol. The van der Waals surface area contributed by atoms with E-state index >= 15 is 0 Å². The highest BCUT2D eigenvalue weighted by atomic mass is 32.2. The maximum Gasteiger partial charge on any atom is 0.336 e. The van der Waals surface area contributed by atoms with Gasteiger partial charge in [-0.3, -0.25) is 0 Å². The van der Waals surface area contributed by atoms with Crippen LogP contribution in [0, 0.1) is 6.92 Å². The summed E-state index contributed by atoms with van der Waals surface area (Å²) in [6, 6.07) is 1.14. The summed E-state index contributed by atoms with van der Waals surface area (Å²) in [5.41, 5.74) is -0.0320. The molecular weight excluding hydrogens is 308 g/mol. The van der Waals surface area contributed by atoms with Crippen molar-refractivity contribution in [3.63, 3.8) is 0 Å². The van der Waals surface area contributed by atoms with E-state index in [0.717, 1.165) is 22.3 Å². The molecule has 0 aliphatic carbocycles. The summed E-state index contributed by atoms with van der Waals surface area (Å²) in [7, 11) is -3.69. The minimum atomic E-state index is -3.69. The van der Waals surface area contributed by atoms with Gasteiger partial charge in [0.25, 0.3) is 0 Å². The Balaban J connectivity index is 2.11. The molecule has 2 N–H and O–H groups in total. The Morgan fingerprint density at radius 2 is 2.26 bits per heavy atom. The van der Waals surface area contributed by atoms with E-state index in [9.17, 15) is 13.2 Å². The van der Waals surface area contributed by atoms with Gasteiger partial charge in [0.15, 0.2) is 0 Å². The van der Waals surface area contributed by atoms with E-state index in [1.165, 1.54) is 16.7 Å². The third-order valence-electron chi connectivity index (χ3n) is 2.17. The fourth-order valence-corrected chi connectivity index (χ4v) is 4.28. The number of carboxylic acids is 1. The number of thiazole rings is 1. The first kappa shape index (κ1) is 14.1. The Morgan fingerprint density at radius 1 is 1.53 bits per heavy atom. The van der Waals surface area contributed by atoms with Gasteiger partial charge in [-0.25, -0.2) is 22.9 Å². The number of carbonyl (C=O) groups is 1. The highest BCUT2D eigenvalue weighted by Crippen LogP contribution is 2.20. The van der Waals surface area contributed by atoms with Gasteiger partial charge in [-0.1, -0.05) is 0 Å². The zero-order chi connectivity index (χ0) is 14.0. The molecule has 0 saturated carbocycles. The predicted octanol–water partition coefficient (Wildman–Crippen LogP) is 1.69. The van der Waals surface area contributed by atoms with Crippen molar-refractivity contribution in [3.8, 4) is 0 Å². The topological polar surface area (TPSA) is 96.4 Å². The molecule has 2 heterocycles. The molecule has 9 heteroatoms. The quantitative estimate of drug-likeness (QED) is 0.874. The molecule has 0 amide bonds. The first-order chi connectivity index (χ1) is 8.88. The van der Waals surface area contributed by atoms with Crippen molar-refractivity contribution in [2.24, 2.45) is 0 Å². The van der Waals surface area contributed by atoms with Crippen molar-refractivity contribution < 1.29 is 18.3 Å². The molecule has 6 nitrogen and oxygen atoms in total. The normalized spacial score (nSPS) is 11.6. The predicted molar refractivity (Wildman–Crippen MR) is 72.2 cm³/mol. The molecule has 0 bridgehead atoms. The fraction of sp³-hybridized carbons (Fsp3) is 0.200. The summed E-state index contributed by atoms with van der Waals surface area (Å²) in [6.07, 6.45) is 1.67. The molecule has 2 rings (SSSR count). The van der Waals surface area contributed by atoms with Crippen molar-refractivity contribution in [1.29, 1.82) is 0 Å². The lowest BCUT2D eigenvalue weighted by Crippen LogP contribution is -2.22. The first-order valence-electron chi connectivity index (χ1n) is 5.11. The van der Waals surface area contributed by atoms with Crippen molar-refractivity contribution in [1.82, 2.24) is 9.71 Å². The van der Waals surface area contributed by atoms with Crippen molar-refractivity contribution in [2.75, 3.05) is 0 Å². The lowest BCUT2D eigenvalue weighted by Gasteiger charge is -2.01. The molecule has 0 saturated heterocycles. The van der Waals surface area contributed by atoms with Crippen LogP contribution in [0.3, 0.4) is 0 Å². The molecule has 2 aromatic heterocycles. The second-order valence-electron chi connectivity index (χ2n) is 3.65. The number of nitrogens with zero attached hydrogens (tertiary/aromatic N) is 1. The van der Waals surface area contributed by atoms with Gasteiger partial charge in [0.2, 0.25) is 10.0 Å². The number of carboxylic acid groups (broad SMARTS) is 1. The molecule has 0 fully saturated rings. The Kier molecular flexibility index (Phi) is 3.99. The maximum atomic E-state index is 11.9. The summed E-state index contributed by atoms with van der Waals surface area (Å²) >= 11 is 2.28. The summed E-state index contributed by atoms with van der Waals surface area (Å²) < 4.78 is 26.2. The van der Waals surface area contributed by atoms with Gasteiger partial charge in [-0.15, -0.1) is 22.7 Å². The minimum Gasteiger partial charge on any atom is -0.478 e. The van der Waals surface area contributed by atoms with Crippen LogP contribution in [0.5, 0.6) is 0 Å². The molecule has 0 radical (unpaired) electrons. The number of nitrogens with one attached hydrogen (secondary N) is 1. The standard InChI is InChI=1S/C10H10N2O4S3/c1-6-3-11-8(18-6)4-12-19(15,16)9-2-7(5-17-9)10(13)14/h2-3,5,12H,4H2,1H3,(H,13,14). The summed E-state index contributed by atoms with van der Waals surface area (Å²) in [4.78, 5) is 15.8. The molecular formula is C10H10N2O4S3. The summed E-state index contributed by atoms with van der Waals surface area (Å²) in [6.45, 7) is 1.98. The molecule has 102 valence electrons. The van der Waals surface area contributed by atoms with Gasteiger partial charge in [-0.2, -0.15) is 0 Å². The Bertz CT molecular complexity index is 702. The van der Waals surface area contributed by atoms with E-state index in [1.54, 1.807) is 6.20 Å². The molecule has 0 aliphatic heterocycles. The van der Waals surface area contributed by atoms with Crippen LogP contribution in [0.1, 0.15) is 20.2 Å². The second kappa shape index (κ2) is 5.37. The number of aromatic carboxylic acids is 1. The van der Waals surface area contributed by atoms with E-state index in [1.807, 2.05) is 6.92 Å².